The van der Waals surface area contributed by atoms with Gasteiger partial charge in [-0.2, -0.15) is 0 Å². The summed E-state index contributed by atoms with van der Waals surface area (Å²) in [5, 5.41) is 14.2. The molecule has 8 nitrogen and oxygen atoms in total. The maximum atomic E-state index is 12.6. The van der Waals surface area contributed by atoms with Crippen LogP contribution in [0.25, 0.3) is 0 Å². The number of nitrogens with one attached hydrogen (secondary N) is 1. The zero-order chi connectivity index (χ0) is 17.7. The largest absolute Gasteiger partial charge is 0.493 e. The third-order valence-corrected chi connectivity index (χ3v) is 4.30. The van der Waals surface area contributed by atoms with Crippen molar-refractivity contribution in [2.75, 3.05) is 20.3 Å². The van der Waals surface area contributed by atoms with Gasteiger partial charge in [0.05, 0.1) is 24.7 Å². The zero-order valence-electron chi connectivity index (χ0n) is 14.3. The lowest BCUT2D eigenvalue weighted by Gasteiger charge is -2.20. The summed E-state index contributed by atoms with van der Waals surface area (Å²) in [5.41, 5.74) is 5.37. The SMILES string of the molecule is CCOc1cc([N+](=O)[O-])c(C(=O)NC2CCCC2CN)cc1OC.Cl. The van der Waals surface area contributed by atoms with Gasteiger partial charge in [0.1, 0.15) is 5.56 Å². The second kappa shape index (κ2) is 9.43. The van der Waals surface area contributed by atoms with E-state index in [0.717, 1.165) is 19.3 Å². The second-order valence-corrected chi connectivity index (χ2v) is 5.72. The number of carbonyl (C=O) groups is 1. The molecule has 0 bridgehead atoms. The Kier molecular flexibility index (Phi) is 7.92. The Labute approximate surface area is 152 Å². The molecule has 9 heteroatoms. The van der Waals surface area contributed by atoms with E-state index < -0.39 is 10.8 Å². The predicted octanol–water partition coefficient (Wildman–Crippen LogP) is 2.28. The average molecular weight is 374 g/mol. The minimum atomic E-state index is -0.591. The highest BCUT2D eigenvalue weighted by Crippen LogP contribution is 2.35. The smallest absolute Gasteiger partial charge is 0.286 e. The number of carbonyl (C=O) groups excluding carboxylic acids is 1. The van der Waals surface area contributed by atoms with Crippen molar-refractivity contribution in [3.8, 4) is 11.5 Å². The molecule has 0 aliphatic heterocycles. The first-order valence-corrected chi connectivity index (χ1v) is 8.01. The van der Waals surface area contributed by atoms with Gasteiger partial charge in [-0.25, -0.2) is 0 Å². The van der Waals surface area contributed by atoms with E-state index in [1.165, 1.54) is 19.2 Å². The summed E-state index contributed by atoms with van der Waals surface area (Å²) in [6.45, 7) is 2.58. The standard InChI is InChI=1S/C16H23N3O5.ClH/c1-3-24-15-8-13(19(21)22)11(7-14(15)23-2)16(20)18-12-6-4-5-10(12)9-17;/h7-8,10,12H,3-6,9,17H2,1-2H3,(H,18,20);1H. The molecule has 140 valence electrons. The highest BCUT2D eigenvalue weighted by atomic mass is 35.5. The molecule has 1 amide bonds. The van der Waals surface area contributed by atoms with Crippen LogP contribution in [0.4, 0.5) is 5.69 Å². The third-order valence-electron chi connectivity index (χ3n) is 4.30. The minimum absolute atomic E-state index is 0. The number of nitro benzene ring substituents is 1. The number of nitro groups is 1. The Bertz CT molecular complexity index is 626. The summed E-state index contributed by atoms with van der Waals surface area (Å²) in [7, 11) is 1.42. The van der Waals surface area contributed by atoms with Crippen LogP contribution >= 0.6 is 12.4 Å². The van der Waals surface area contributed by atoms with Crippen molar-refractivity contribution in [1.29, 1.82) is 0 Å². The van der Waals surface area contributed by atoms with Gasteiger partial charge in [-0.3, -0.25) is 14.9 Å². The van der Waals surface area contributed by atoms with Crippen molar-refractivity contribution in [3.05, 3.63) is 27.8 Å². The van der Waals surface area contributed by atoms with E-state index >= 15 is 0 Å². The lowest BCUT2D eigenvalue weighted by molar-refractivity contribution is -0.385. The number of methoxy groups -OCH3 is 1. The number of nitrogens with two attached hydrogens (primary N) is 1. The molecule has 1 saturated carbocycles. The summed E-state index contributed by atoms with van der Waals surface area (Å²) < 4.78 is 10.5. The summed E-state index contributed by atoms with van der Waals surface area (Å²) in [5.74, 6) is 0.240. The quantitative estimate of drug-likeness (QED) is 0.559. The topological polar surface area (TPSA) is 117 Å². The fraction of sp³-hybridized carbons (Fsp3) is 0.562. The van der Waals surface area contributed by atoms with Gasteiger partial charge >= 0.3 is 0 Å². The molecule has 0 saturated heterocycles. The van der Waals surface area contributed by atoms with Crippen molar-refractivity contribution >= 4 is 24.0 Å². The van der Waals surface area contributed by atoms with E-state index in [1.54, 1.807) is 6.92 Å². The van der Waals surface area contributed by atoms with Crippen LogP contribution < -0.4 is 20.5 Å². The van der Waals surface area contributed by atoms with Crippen LogP contribution in [0.5, 0.6) is 11.5 Å². The van der Waals surface area contributed by atoms with Gasteiger partial charge in [-0.1, -0.05) is 6.42 Å². The molecule has 1 aliphatic rings. The van der Waals surface area contributed by atoms with Gasteiger partial charge in [0.15, 0.2) is 11.5 Å². The Balaban J connectivity index is 0.00000312. The van der Waals surface area contributed by atoms with E-state index in [4.69, 9.17) is 15.2 Å². The summed E-state index contributed by atoms with van der Waals surface area (Å²) in [4.78, 5) is 23.3. The lowest BCUT2D eigenvalue weighted by atomic mass is 10.0. The molecule has 1 fully saturated rings. The van der Waals surface area contributed by atoms with Crippen LogP contribution in [0.3, 0.4) is 0 Å². The highest BCUT2D eigenvalue weighted by molar-refractivity contribution is 5.99. The monoisotopic (exact) mass is 373 g/mol. The van der Waals surface area contributed by atoms with Crippen LogP contribution in [0.1, 0.15) is 36.5 Å². The Morgan fingerprint density at radius 1 is 1.40 bits per heavy atom. The number of amides is 1. The first-order valence-electron chi connectivity index (χ1n) is 8.01. The first-order chi connectivity index (χ1) is 11.5. The van der Waals surface area contributed by atoms with Gasteiger partial charge in [0, 0.05) is 12.1 Å². The second-order valence-electron chi connectivity index (χ2n) is 5.72. The molecule has 1 aliphatic carbocycles. The predicted molar refractivity (Wildman–Crippen MR) is 95.7 cm³/mol. The molecule has 0 spiro atoms. The molecular formula is C16H24ClN3O5. The van der Waals surface area contributed by atoms with Crippen molar-refractivity contribution in [3.63, 3.8) is 0 Å². The van der Waals surface area contributed by atoms with Crippen LogP contribution in [-0.4, -0.2) is 37.1 Å². The molecule has 25 heavy (non-hydrogen) atoms. The minimum Gasteiger partial charge on any atom is -0.493 e. The van der Waals surface area contributed by atoms with Crippen LogP contribution in [0, 0.1) is 16.0 Å². The summed E-state index contributed by atoms with van der Waals surface area (Å²) in [6.07, 6.45) is 2.77. The molecular weight excluding hydrogens is 350 g/mol. The van der Waals surface area contributed by atoms with Crippen LogP contribution in [0.15, 0.2) is 12.1 Å². The highest BCUT2D eigenvalue weighted by Gasteiger charge is 2.31. The van der Waals surface area contributed by atoms with Crippen molar-refractivity contribution in [2.24, 2.45) is 11.7 Å². The number of ether oxygens (including phenoxy) is 2. The molecule has 0 heterocycles. The van der Waals surface area contributed by atoms with E-state index in [2.05, 4.69) is 5.32 Å². The maximum absolute atomic E-state index is 12.6. The van der Waals surface area contributed by atoms with E-state index in [9.17, 15) is 14.9 Å². The molecule has 1 aromatic carbocycles. The zero-order valence-corrected chi connectivity index (χ0v) is 15.1. The molecule has 2 unspecified atom stereocenters. The Morgan fingerprint density at radius 3 is 2.68 bits per heavy atom. The number of halogens is 1. The fourth-order valence-corrected chi connectivity index (χ4v) is 3.07. The average Bonchev–Trinajstić information content (AvgIpc) is 3.01. The summed E-state index contributed by atoms with van der Waals surface area (Å²) in [6, 6.07) is 2.52. The lowest BCUT2D eigenvalue weighted by Crippen LogP contribution is -2.40. The van der Waals surface area contributed by atoms with Gasteiger partial charge in [-0.05, 0) is 32.2 Å². The molecule has 1 aromatic rings. The number of hydrogen-bond acceptors (Lipinski definition) is 6. The van der Waals surface area contributed by atoms with Gasteiger partial charge < -0.3 is 20.5 Å². The van der Waals surface area contributed by atoms with Crippen molar-refractivity contribution < 1.29 is 19.2 Å². The van der Waals surface area contributed by atoms with Crippen molar-refractivity contribution in [2.45, 2.75) is 32.2 Å². The fourth-order valence-electron chi connectivity index (χ4n) is 3.07. The maximum Gasteiger partial charge on any atom is 0.286 e. The Morgan fingerprint density at radius 2 is 2.12 bits per heavy atom. The molecule has 3 N–H and O–H groups in total. The first kappa shape index (κ1) is 21.0. The van der Waals surface area contributed by atoms with Crippen molar-refractivity contribution in [1.82, 2.24) is 5.32 Å². The number of benzene rings is 1. The third kappa shape index (κ3) is 4.73. The normalized spacial score (nSPS) is 19.0. The molecule has 0 aromatic heterocycles. The van der Waals surface area contributed by atoms with Gasteiger partial charge in [-0.15, -0.1) is 12.4 Å². The number of hydrogen-bond donors (Lipinski definition) is 2. The van der Waals surface area contributed by atoms with E-state index in [0.29, 0.717) is 13.2 Å². The van der Waals surface area contributed by atoms with Crippen LogP contribution in [0.2, 0.25) is 0 Å². The molecule has 2 rings (SSSR count). The Hall–Kier alpha value is -2.06. The van der Waals surface area contributed by atoms with Crippen LogP contribution in [-0.2, 0) is 0 Å². The van der Waals surface area contributed by atoms with E-state index in [1.807, 2.05) is 0 Å². The van der Waals surface area contributed by atoms with E-state index in [-0.39, 0.29) is 47.1 Å². The summed E-state index contributed by atoms with van der Waals surface area (Å²) >= 11 is 0. The van der Waals surface area contributed by atoms with Gasteiger partial charge in [0.2, 0.25) is 0 Å². The number of rotatable bonds is 7. The molecule has 2 atom stereocenters. The van der Waals surface area contributed by atoms with Gasteiger partial charge in [0.25, 0.3) is 11.6 Å². The molecule has 0 radical (unpaired) electrons. The number of nitrogens with zero attached hydrogens (tertiary/aromatic N) is 1.